The zero-order valence-corrected chi connectivity index (χ0v) is 62.9. The van der Waals surface area contributed by atoms with E-state index in [9.17, 15) is 17.8 Å². The van der Waals surface area contributed by atoms with Crippen molar-refractivity contribution >= 4 is 232 Å². The number of halogens is 8. The summed E-state index contributed by atoms with van der Waals surface area (Å²) in [6, 6.07) is 0. The van der Waals surface area contributed by atoms with Gasteiger partial charge in [-0.05, 0) is 105 Å². The van der Waals surface area contributed by atoms with Crippen LogP contribution in [0, 0.1) is 0 Å². The molecule has 44 heteroatoms. The van der Waals surface area contributed by atoms with Gasteiger partial charge in [0.25, 0.3) is 0 Å². The molecule has 0 spiro atoms. The van der Waals surface area contributed by atoms with Gasteiger partial charge in [0.15, 0.2) is 66.5 Å². The third-order valence-electron chi connectivity index (χ3n) is 7.45. The maximum Gasteiger partial charge on any atom is 0.778 e. The maximum atomic E-state index is 14.9. The molecule has 400 valence electrons. The van der Waals surface area contributed by atoms with E-state index in [-0.39, 0.29) is 44.0 Å². The molecule has 0 aromatic rings. The first-order valence-electron chi connectivity index (χ1n) is 20.3. The maximum absolute atomic E-state index is 14.9. The Labute approximate surface area is 460 Å². The second kappa shape index (κ2) is 27.1. The number of hydrogen-bond acceptors (Lipinski definition) is 20. The Kier molecular flexibility index (Phi) is 27.5. The summed E-state index contributed by atoms with van der Waals surface area (Å²) in [6.45, 7) is 26.2. The Bertz CT molecular complexity index is 1380. The van der Waals surface area contributed by atoms with Gasteiger partial charge in [-0.15, -0.1) is 92.8 Å². The van der Waals surface area contributed by atoms with Gasteiger partial charge in [0.1, 0.15) is 0 Å². The smallest absolute Gasteiger partial charge is 0.481 e. The van der Waals surface area contributed by atoms with Crippen LogP contribution in [-0.4, -0.2) is 183 Å². The molecule has 1 aliphatic heterocycles. The zero-order chi connectivity index (χ0) is 53.3. The molecule has 0 saturated carbocycles. The summed E-state index contributed by atoms with van der Waals surface area (Å²) >= 11 is 51.4. The lowest BCUT2D eigenvalue weighted by molar-refractivity contribution is 0.0661. The number of alkyl halides is 8. The molecule has 0 atom stereocenters. The summed E-state index contributed by atoms with van der Waals surface area (Å²) in [7, 11) is -64.4. The highest BCUT2D eigenvalue weighted by Gasteiger charge is 2.70. The molecule has 0 bridgehead atoms. The SMILES string of the molecule is C[Si](C)(CCl)O[Si]1(O[Si](C)(C)CCl)O[Si](=O)O[Si](O[Si](C)(C)CCl)(O[Si](C)(C)CCl)O[Si](=O)O[Si](O[Si](C)(C)CCl)(O[Si](C)(C)CCl)O[Si](=O)O[Si](O[Si](C)(C)CCl)(O[Si](C)(C)CCl)O[Si](=O)O1. The Balaban J connectivity index is 4.81. The summed E-state index contributed by atoms with van der Waals surface area (Å²) in [4.78, 5) is 0. The molecule has 1 aliphatic rings. The van der Waals surface area contributed by atoms with Crippen molar-refractivity contribution in [2.24, 2.45) is 0 Å². The van der Waals surface area contributed by atoms with Crippen molar-refractivity contribution in [3.63, 3.8) is 0 Å². The number of rotatable bonds is 24. The fourth-order valence-corrected chi connectivity index (χ4v) is 53.4. The van der Waals surface area contributed by atoms with E-state index >= 15 is 0 Å². The molecule has 20 nitrogen and oxygen atoms in total. The van der Waals surface area contributed by atoms with Crippen LogP contribution in [-0.2, 0) is 83.7 Å². The van der Waals surface area contributed by atoms with Gasteiger partial charge in [-0.2, -0.15) is 0 Å². The van der Waals surface area contributed by atoms with E-state index in [1.807, 2.05) is 0 Å². The van der Waals surface area contributed by atoms with Crippen LogP contribution in [0.25, 0.3) is 0 Å². The van der Waals surface area contributed by atoms with E-state index < -0.39 is 139 Å². The molecule has 0 unspecified atom stereocenters. The second-order valence-corrected chi connectivity index (χ2v) is 75.6. The van der Waals surface area contributed by atoms with Gasteiger partial charge in [0.2, 0.25) is 0 Å². The van der Waals surface area contributed by atoms with Crippen LogP contribution in [0.3, 0.4) is 0 Å². The van der Waals surface area contributed by atoms with Gasteiger partial charge >= 0.3 is 72.9 Å². The van der Waals surface area contributed by atoms with Crippen molar-refractivity contribution in [2.45, 2.75) is 105 Å². The molecule has 1 saturated heterocycles. The minimum Gasteiger partial charge on any atom is -0.481 e. The Hall–Kier alpha value is 3.07. The predicted molar refractivity (Wildman–Crippen MR) is 292 cm³/mol. The highest BCUT2D eigenvalue weighted by Crippen LogP contribution is 2.33. The third kappa shape index (κ3) is 24.2. The van der Waals surface area contributed by atoms with Crippen LogP contribution in [0.5, 0.6) is 0 Å². The quantitative estimate of drug-likeness (QED) is 0.0674. The van der Waals surface area contributed by atoms with Crippen LogP contribution in [0.15, 0.2) is 0 Å². The van der Waals surface area contributed by atoms with Gasteiger partial charge in [0.05, 0.1) is 0 Å². The van der Waals surface area contributed by atoms with E-state index in [2.05, 4.69) is 0 Å². The van der Waals surface area contributed by atoms with E-state index in [0.29, 0.717) is 0 Å². The molecule has 0 aromatic heterocycles. The first kappa shape index (κ1) is 69.1. The molecular formula is C24H64Cl8O20Si16. The summed E-state index contributed by atoms with van der Waals surface area (Å²) in [5.41, 5.74) is -1.08. The van der Waals surface area contributed by atoms with Gasteiger partial charge in [0, 0.05) is 44.0 Å². The second-order valence-electron chi connectivity index (χ2n) is 19.8. The molecule has 0 amide bonds. The highest BCUT2D eigenvalue weighted by molar-refractivity contribution is 6.95. The molecular weight excluding hydrogens is 1340 g/mol. The molecule has 1 rings (SSSR count). The topological polar surface area (TPSA) is 216 Å². The summed E-state index contributed by atoms with van der Waals surface area (Å²) in [5.74, 6) is 0. The minimum atomic E-state index is -5.29. The van der Waals surface area contributed by atoms with Gasteiger partial charge < -0.3 is 65.8 Å². The fraction of sp³-hybridized carbons (Fsp3) is 1.00. The van der Waals surface area contributed by atoms with Gasteiger partial charge in [-0.25, -0.2) is 0 Å². The highest BCUT2D eigenvalue weighted by atomic mass is 35.5. The summed E-state index contributed by atoms with van der Waals surface area (Å²) < 4.78 is 161. The monoisotopic (exact) mass is 1400 g/mol. The van der Waals surface area contributed by atoms with Crippen LogP contribution < -0.4 is 0 Å². The Morgan fingerprint density at radius 3 is 0.426 bits per heavy atom. The standard InChI is InChI=1S/C24H64Cl8O20Si16/c1-57(2,17-25)45-65(46-58(3,4)18-26)37-53(33)39-66(47-59(5,6)19-27,48-60(7,8)20-28)41-55(35)43-68(51-63(13,14)23-31,52-64(15,16)24-32)44-56(36)42-67(40-54(34)38-65,49-61(9,10)21-29)50-62(11,12)22-30/h17-24H2,1-16H3. The number of hydrogen-bond donors (Lipinski definition) is 0. The summed E-state index contributed by atoms with van der Waals surface area (Å²) in [6.07, 6.45) is 0. The lowest BCUT2D eigenvalue weighted by Crippen LogP contribution is -2.69. The lowest BCUT2D eigenvalue weighted by Gasteiger charge is -2.41. The Morgan fingerprint density at radius 1 is 0.265 bits per heavy atom. The fourth-order valence-electron chi connectivity index (χ4n) is 4.33. The minimum absolute atomic E-state index is 0.135. The van der Waals surface area contributed by atoms with E-state index in [1.54, 1.807) is 105 Å². The van der Waals surface area contributed by atoms with Crippen molar-refractivity contribution in [3.05, 3.63) is 0 Å². The molecule has 0 aliphatic carbocycles. The van der Waals surface area contributed by atoms with E-state index in [0.717, 1.165) is 0 Å². The van der Waals surface area contributed by atoms with Crippen molar-refractivity contribution in [2.75, 3.05) is 44.0 Å². The van der Waals surface area contributed by atoms with Crippen LogP contribution in [0.4, 0.5) is 0 Å². The zero-order valence-electron chi connectivity index (χ0n) is 40.8. The summed E-state index contributed by atoms with van der Waals surface area (Å²) in [5, 5.41) is 0. The predicted octanol–water partition coefficient (Wildman–Crippen LogP) is 7.53. The third-order valence-corrected chi connectivity index (χ3v) is 67.1. The van der Waals surface area contributed by atoms with E-state index in [4.69, 9.17) is 159 Å². The molecule has 0 aromatic carbocycles. The average molecular weight is 1410 g/mol. The first-order chi connectivity index (χ1) is 30.5. The first-order valence-corrected chi connectivity index (χ1v) is 60.9. The lowest BCUT2D eigenvalue weighted by atomic mass is 11.8. The molecule has 0 N–H and O–H groups in total. The van der Waals surface area contributed by atoms with Gasteiger partial charge in [-0.3, -0.25) is 17.8 Å². The van der Waals surface area contributed by atoms with Crippen LogP contribution in [0.1, 0.15) is 0 Å². The normalized spacial score (nSPS) is 19.3. The van der Waals surface area contributed by atoms with Crippen molar-refractivity contribution < 1.29 is 83.7 Å². The molecule has 68 heavy (non-hydrogen) atoms. The Morgan fingerprint density at radius 2 is 0.353 bits per heavy atom. The van der Waals surface area contributed by atoms with E-state index in [1.165, 1.54) is 0 Å². The van der Waals surface area contributed by atoms with Crippen LogP contribution >= 0.6 is 92.8 Å². The van der Waals surface area contributed by atoms with Crippen molar-refractivity contribution in [1.29, 1.82) is 0 Å². The largest absolute Gasteiger partial charge is 0.778 e. The van der Waals surface area contributed by atoms with Crippen molar-refractivity contribution in [3.8, 4) is 0 Å². The average Bonchev–Trinajstić information content (AvgIpc) is 3.15. The van der Waals surface area contributed by atoms with Crippen LogP contribution in [0.2, 0.25) is 105 Å². The molecule has 1 heterocycles. The van der Waals surface area contributed by atoms with Crippen molar-refractivity contribution in [1.82, 2.24) is 0 Å². The van der Waals surface area contributed by atoms with Gasteiger partial charge in [-0.1, -0.05) is 0 Å². The molecule has 1 fully saturated rings. The molecule has 0 radical (unpaired) electrons.